The molecule has 1 saturated carbocycles. The number of rotatable bonds is 8. The molecule has 1 aliphatic carbocycles. The predicted molar refractivity (Wildman–Crippen MR) is 189 cm³/mol. The minimum atomic E-state index is -0.534. The zero-order chi connectivity index (χ0) is 35.5. The zero-order valence-electron chi connectivity index (χ0n) is 29.1. The molecule has 2 aromatic heterocycles. The molecule has 3 amide bonds. The molecule has 3 aliphatic rings. The van der Waals surface area contributed by atoms with Crippen LogP contribution < -0.4 is 10.1 Å². The quantitative estimate of drug-likeness (QED) is 0.261. The average Bonchev–Trinajstić information content (AvgIpc) is 3.82. The molecule has 2 N–H and O–H groups in total. The highest BCUT2D eigenvalue weighted by molar-refractivity contribution is 6.01. The van der Waals surface area contributed by atoms with Gasteiger partial charge in [0.25, 0.3) is 5.91 Å². The largest absolute Gasteiger partial charge is 0.496 e. The van der Waals surface area contributed by atoms with E-state index in [0.29, 0.717) is 62.4 Å². The third kappa shape index (κ3) is 7.53. The average molecular weight is 698 g/mol. The molecule has 0 unspecified atom stereocenters. The normalized spacial score (nSPS) is 20.1. The molecule has 2 aliphatic heterocycles. The highest BCUT2D eigenvalue weighted by atomic mass is 19.1. The number of carbonyl (C=O) groups excluding carboxylic acids is 3. The van der Waals surface area contributed by atoms with Crippen LogP contribution in [0.25, 0.3) is 22.2 Å². The molecule has 0 radical (unpaired) electrons. The van der Waals surface area contributed by atoms with Gasteiger partial charge in [0.15, 0.2) is 0 Å². The van der Waals surface area contributed by atoms with Crippen LogP contribution in [0.4, 0.5) is 9.18 Å². The molecule has 0 bridgehead atoms. The Labute approximate surface area is 296 Å². The smallest absolute Gasteiger partial charge is 0.410 e. The Morgan fingerprint density at radius 1 is 0.980 bits per heavy atom. The second kappa shape index (κ2) is 15.1. The van der Waals surface area contributed by atoms with Crippen LogP contribution in [-0.2, 0) is 16.1 Å². The van der Waals surface area contributed by atoms with Crippen LogP contribution in [0.3, 0.4) is 0 Å². The van der Waals surface area contributed by atoms with Crippen LogP contribution >= 0.6 is 0 Å². The van der Waals surface area contributed by atoms with Crippen molar-refractivity contribution in [3.05, 3.63) is 77.4 Å². The van der Waals surface area contributed by atoms with Crippen LogP contribution in [0.1, 0.15) is 60.1 Å². The lowest BCUT2D eigenvalue weighted by atomic mass is 9.95. The van der Waals surface area contributed by atoms with Gasteiger partial charge < -0.3 is 24.6 Å². The number of amides is 3. The summed E-state index contributed by atoms with van der Waals surface area (Å²) in [6.45, 7) is 3.96. The summed E-state index contributed by atoms with van der Waals surface area (Å²) in [6.07, 6.45) is 6.41. The van der Waals surface area contributed by atoms with E-state index in [-0.39, 0.29) is 36.6 Å². The van der Waals surface area contributed by atoms with Crippen LogP contribution in [0, 0.1) is 12.7 Å². The summed E-state index contributed by atoms with van der Waals surface area (Å²) in [6, 6.07) is 13.1. The number of piperazine rings is 1. The Balaban J connectivity index is 1.05. The fourth-order valence-corrected chi connectivity index (χ4v) is 7.58. The summed E-state index contributed by atoms with van der Waals surface area (Å²) >= 11 is 0. The number of pyridine rings is 1. The summed E-state index contributed by atoms with van der Waals surface area (Å²) in [4.78, 5) is 50.2. The standard InChI is InChI=1S/C38H44FN7O5/c1-24-20-25(14-15-40-24)35-29-21-26(10-12-32(29)42-43-35)36(47)41-27-11-13-33(46(22-27)23-30-31(39)8-5-9-34(30)50-2)37(48)44-16-18-45(19-17-44)38(49)51-28-6-3-4-7-28/h5,8-10,12,14-15,20-21,27-28,33H,3-4,6-7,11,13,16-19,22-23H2,1-2H3,(H,41,47)(H,42,43)/t27-,33+/m1/s1. The third-order valence-electron chi connectivity index (χ3n) is 10.4. The molecule has 2 atom stereocenters. The topological polar surface area (TPSA) is 133 Å². The van der Waals surface area contributed by atoms with Crippen molar-refractivity contribution in [3.63, 3.8) is 0 Å². The van der Waals surface area contributed by atoms with Crippen molar-refractivity contribution >= 4 is 28.8 Å². The Hall–Kier alpha value is -5.04. The lowest BCUT2D eigenvalue weighted by Crippen LogP contribution is -2.59. The second-order valence-corrected chi connectivity index (χ2v) is 13.7. The number of likely N-dealkylation sites (tertiary alicyclic amines) is 1. The Kier molecular flexibility index (Phi) is 10.2. The number of nitrogens with zero attached hydrogens (tertiary/aromatic N) is 5. The van der Waals surface area contributed by atoms with E-state index < -0.39 is 11.9 Å². The van der Waals surface area contributed by atoms with Gasteiger partial charge >= 0.3 is 6.09 Å². The first kappa shape index (κ1) is 34.4. The number of methoxy groups -OCH3 is 1. The molecule has 4 aromatic rings. The number of piperidine rings is 1. The minimum Gasteiger partial charge on any atom is -0.496 e. The second-order valence-electron chi connectivity index (χ2n) is 13.7. The molecular weight excluding hydrogens is 653 g/mol. The number of aryl methyl sites for hydroxylation is 1. The SMILES string of the molecule is COc1cccc(F)c1CN1C[C@H](NC(=O)c2ccc3[nH]nc(-c4ccnc(C)c4)c3c2)CC[C@H]1C(=O)N1CCN(C(=O)OC2CCCC2)CC1. The van der Waals surface area contributed by atoms with Crippen molar-refractivity contribution in [1.82, 2.24) is 35.2 Å². The Morgan fingerprint density at radius 3 is 2.53 bits per heavy atom. The van der Waals surface area contributed by atoms with Crippen LogP contribution in [0.15, 0.2) is 54.7 Å². The summed E-state index contributed by atoms with van der Waals surface area (Å²) < 4.78 is 26.4. The first-order chi connectivity index (χ1) is 24.8. The maximum absolute atomic E-state index is 15.2. The lowest BCUT2D eigenvalue weighted by Gasteiger charge is -2.43. The Bertz CT molecular complexity index is 1900. The number of benzene rings is 2. The molecule has 7 rings (SSSR count). The number of aromatic amines is 1. The first-order valence-electron chi connectivity index (χ1n) is 17.8. The molecule has 12 nitrogen and oxygen atoms in total. The van der Waals surface area contributed by atoms with Gasteiger partial charge in [-0.3, -0.25) is 24.6 Å². The highest BCUT2D eigenvalue weighted by Crippen LogP contribution is 2.30. The molecule has 2 aromatic carbocycles. The van der Waals surface area contributed by atoms with Crippen LogP contribution in [0.5, 0.6) is 5.75 Å². The predicted octanol–water partition coefficient (Wildman–Crippen LogP) is 5.07. The monoisotopic (exact) mass is 697 g/mol. The minimum absolute atomic E-state index is 0.0147. The molecule has 4 heterocycles. The van der Waals surface area contributed by atoms with Gasteiger partial charge in [-0.05, 0) is 87.9 Å². The summed E-state index contributed by atoms with van der Waals surface area (Å²) in [5, 5.41) is 11.5. The van der Waals surface area contributed by atoms with E-state index in [1.165, 1.54) is 13.2 Å². The molecular formula is C38H44FN7O5. The molecule has 13 heteroatoms. The van der Waals surface area contributed by atoms with E-state index in [9.17, 15) is 14.4 Å². The van der Waals surface area contributed by atoms with Gasteiger partial charge in [0, 0.05) is 79.3 Å². The summed E-state index contributed by atoms with van der Waals surface area (Å²) in [5.74, 6) is -0.331. The van der Waals surface area contributed by atoms with Crippen molar-refractivity contribution in [2.75, 3.05) is 39.8 Å². The van der Waals surface area contributed by atoms with Crippen molar-refractivity contribution in [2.24, 2.45) is 0 Å². The highest BCUT2D eigenvalue weighted by Gasteiger charge is 2.38. The zero-order valence-corrected chi connectivity index (χ0v) is 29.1. The number of ether oxygens (including phenoxy) is 2. The maximum Gasteiger partial charge on any atom is 0.410 e. The molecule has 2 saturated heterocycles. The summed E-state index contributed by atoms with van der Waals surface area (Å²) in [7, 11) is 1.50. The van der Waals surface area contributed by atoms with E-state index >= 15 is 4.39 Å². The van der Waals surface area contributed by atoms with Gasteiger partial charge in [-0.2, -0.15) is 5.10 Å². The number of H-pyrrole nitrogens is 1. The number of hydrogen-bond acceptors (Lipinski definition) is 8. The van der Waals surface area contributed by atoms with Gasteiger partial charge in [-0.25, -0.2) is 9.18 Å². The Morgan fingerprint density at radius 2 is 1.76 bits per heavy atom. The van der Waals surface area contributed by atoms with E-state index in [1.54, 1.807) is 34.2 Å². The van der Waals surface area contributed by atoms with Crippen LogP contribution in [-0.4, -0.2) is 106 Å². The van der Waals surface area contributed by atoms with Crippen molar-refractivity contribution < 1.29 is 28.2 Å². The van der Waals surface area contributed by atoms with Gasteiger partial charge in [-0.1, -0.05) is 6.07 Å². The maximum atomic E-state index is 15.2. The van der Waals surface area contributed by atoms with E-state index in [1.807, 2.05) is 36.1 Å². The van der Waals surface area contributed by atoms with Crippen molar-refractivity contribution in [1.29, 1.82) is 0 Å². The van der Waals surface area contributed by atoms with Crippen molar-refractivity contribution in [2.45, 2.75) is 70.2 Å². The number of hydrogen-bond donors (Lipinski definition) is 2. The van der Waals surface area contributed by atoms with E-state index in [2.05, 4.69) is 20.5 Å². The first-order valence-corrected chi connectivity index (χ1v) is 17.8. The number of nitrogens with one attached hydrogen (secondary N) is 2. The lowest BCUT2D eigenvalue weighted by molar-refractivity contribution is -0.140. The van der Waals surface area contributed by atoms with Gasteiger partial charge in [0.2, 0.25) is 5.91 Å². The molecule has 268 valence electrons. The number of fused-ring (bicyclic) bond motifs is 1. The number of carbonyl (C=O) groups is 3. The fourth-order valence-electron chi connectivity index (χ4n) is 7.58. The number of aromatic nitrogens is 3. The van der Waals surface area contributed by atoms with Gasteiger partial charge in [0.1, 0.15) is 23.4 Å². The third-order valence-corrected chi connectivity index (χ3v) is 10.4. The van der Waals surface area contributed by atoms with Gasteiger partial charge in [-0.15, -0.1) is 0 Å². The van der Waals surface area contributed by atoms with Crippen molar-refractivity contribution in [3.8, 4) is 17.0 Å². The fraction of sp³-hybridized carbons (Fsp3) is 0.447. The number of halogens is 1. The van der Waals surface area contributed by atoms with Gasteiger partial charge in [0.05, 0.1) is 18.7 Å². The molecule has 3 fully saturated rings. The molecule has 51 heavy (non-hydrogen) atoms. The van der Waals surface area contributed by atoms with E-state index in [4.69, 9.17) is 9.47 Å². The summed E-state index contributed by atoms with van der Waals surface area (Å²) in [5.41, 5.74) is 4.16. The van der Waals surface area contributed by atoms with Crippen LogP contribution in [0.2, 0.25) is 0 Å². The molecule has 0 spiro atoms. The van der Waals surface area contributed by atoms with E-state index in [0.717, 1.165) is 53.5 Å².